The SMILES string of the molecule is CCCCOC/C=C/CCC(CC1OC(=O)[C@H]1C)OC(=O)[C@H](C)NC=O. The number of unbranched alkanes of at least 4 members (excludes halogenated alkanes) is 1. The lowest BCUT2D eigenvalue weighted by molar-refractivity contribution is -0.187. The summed E-state index contributed by atoms with van der Waals surface area (Å²) in [5.74, 6) is -0.892. The molecule has 1 N–H and O–H groups in total. The number of allylic oxidation sites excluding steroid dienone is 1. The van der Waals surface area contributed by atoms with E-state index >= 15 is 0 Å². The Hall–Kier alpha value is -1.89. The Morgan fingerprint density at radius 2 is 2.15 bits per heavy atom. The van der Waals surface area contributed by atoms with Gasteiger partial charge in [-0.3, -0.25) is 9.59 Å². The fraction of sp³-hybridized carbons (Fsp3) is 0.737. The summed E-state index contributed by atoms with van der Waals surface area (Å²) >= 11 is 0. The van der Waals surface area contributed by atoms with E-state index in [2.05, 4.69) is 12.2 Å². The van der Waals surface area contributed by atoms with Gasteiger partial charge >= 0.3 is 11.9 Å². The smallest absolute Gasteiger partial charge is 0.328 e. The van der Waals surface area contributed by atoms with Gasteiger partial charge in [-0.15, -0.1) is 0 Å². The van der Waals surface area contributed by atoms with Gasteiger partial charge in [0.05, 0.1) is 12.5 Å². The first-order valence-corrected chi connectivity index (χ1v) is 9.33. The van der Waals surface area contributed by atoms with Gasteiger partial charge in [0.15, 0.2) is 0 Å². The second-order valence-electron chi connectivity index (χ2n) is 6.54. The first-order chi connectivity index (χ1) is 12.5. The van der Waals surface area contributed by atoms with Gasteiger partial charge in [-0.1, -0.05) is 25.5 Å². The van der Waals surface area contributed by atoms with Crippen LogP contribution in [-0.2, 0) is 28.6 Å². The van der Waals surface area contributed by atoms with Crippen LogP contribution in [0.1, 0.15) is 52.9 Å². The van der Waals surface area contributed by atoms with Gasteiger partial charge < -0.3 is 19.5 Å². The highest BCUT2D eigenvalue weighted by molar-refractivity contribution is 5.78. The monoisotopic (exact) mass is 369 g/mol. The highest BCUT2D eigenvalue weighted by Gasteiger charge is 2.40. The Kier molecular flexibility index (Phi) is 10.6. The molecule has 7 heteroatoms. The zero-order valence-corrected chi connectivity index (χ0v) is 15.9. The van der Waals surface area contributed by atoms with Gasteiger partial charge in [0.1, 0.15) is 18.2 Å². The molecule has 0 radical (unpaired) electrons. The maximum Gasteiger partial charge on any atom is 0.328 e. The molecule has 0 aromatic heterocycles. The number of carbonyl (C=O) groups is 3. The van der Waals surface area contributed by atoms with Crippen molar-refractivity contribution in [3.63, 3.8) is 0 Å². The normalized spacial score (nSPS) is 21.6. The second kappa shape index (κ2) is 12.5. The molecule has 0 spiro atoms. The Morgan fingerprint density at radius 3 is 2.77 bits per heavy atom. The minimum absolute atomic E-state index is 0.177. The van der Waals surface area contributed by atoms with Crippen LogP contribution in [0.5, 0.6) is 0 Å². The minimum atomic E-state index is -0.709. The quantitative estimate of drug-likeness (QED) is 0.218. The molecule has 1 saturated heterocycles. The number of nitrogens with one attached hydrogen (secondary N) is 1. The number of cyclic esters (lactones) is 1. The Balaban J connectivity index is 2.41. The molecule has 148 valence electrons. The fourth-order valence-electron chi connectivity index (χ4n) is 2.48. The summed E-state index contributed by atoms with van der Waals surface area (Å²) in [6.45, 7) is 6.81. The number of amides is 1. The minimum Gasteiger partial charge on any atom is -0.461 e. The van der Waals surface area contributed by atoms with Crippen molar-refractivity contribution in [2.45, 2.75) is 71.1 Å². The van der Waals surface area contributed by atoms with Crippen LogP contribution in [0.2, 0.25) is 0 Å². The molecule has 2 unspecified atom stereocenters. The van der Waals surface area contributed by atoms with Crippen LogP contribution >= 0.6 is 0 Å². The Bertz CT molecular complexity index is 479. The molecule has 0 bridgehead atoms. The predicted octanol–water partition coefficient (Wildman–Crippen LogP) is 2.14. The molecule has 1 rings (SSSR count). The van der Waals surface area contributed by atoms with Crippen LogP contribution in [0.25, 0.3) is 0 Å². The lowest BCUT2D eigenvalue weighted by Gasteiger charge is -2.35. The number of hydrogen-bond donors (Lipinski definition) is 1. The van der Waals surface area contributed by atoms with Crippen LogP contribution in [0.4, 0.5) is 0 Å². The molecule has 1 aliphatic rings. The third-order valence-electron chi connectivity index (χ3n) is 4.32. The van der Waals surface area contributed by atoms with Crippen molar-refractivity contribution in [1.29, 1.82) is 0 Å². The number of rotatable bonds is 14. The molecule has 4 atom stereocenters. The van der Waals surface area contributed by atoms with E-state index in [1.807, 2.05) is 12.2 Å². The summed E-state index contributed by atoms with van der Waals surface area (Å²) < 4.78 is 16.1. The van der Waals surface area contributed by atoms with E-state index in [1.54, 1.807) is 13.8 Å². The summed E-state index contributed by atoms with van der Waals surface area (Å²) in [4.78, 5) is 33.7. The zero-order valence-electron chi connectivity index (χ0n) is 15.9. The van der Waals surface area contributed by atoms with Crippen molar-refractivity contribution in [2.75, 3.05) is 13.2 Å². The predicted molar refractivity (Wildman–Crippen MR) is 96.3 cm³/mol. The summed E-state index contributed by atoms with van der Waals surface area (Å²) in [6.07, 6.45) is 7.79. The summed E-state index contributed by atoms with van der Waals surface area (Å²) in [5, 5.41) is 2.38. The fourth-order valence-corrected chi connectivity index (χ4v) is 2.48. The molecule has 0 aromatic carbocycles. The number of carbonyl (C=O) groups excluding carboxylic acids is 3. The molecule has 0 saturated carbocycles. The van der Waals surface area contributed by atoms with Crippen LogP contribution in [0.3, 0.4) is 0 Å². The molecule has 1 heterocycles. The Morgan fingerprint density at radius 1 is 1.38 bits per heavy atom. The maximum absolute atomic E-state index is 12.0. The standard InChI is InChI=1S/C19H31NO6/c1-4-5-10-24-11-8-6-7-9-16(12-17-14(2)18(22)26-17)25-19(23)15(3)20-13-21/h6,8,13-17H,4-5,7,9-12H2,1-3H3,(H,20,21)/b8-6+/t14-,15-,16?,17?/m0/s1. The van der Waals surface area contributed by atoms with Gasteiger partial charge in [-0.2, -0.15) is 0 Å². The van der Waals surface area contributed by atoms with Gasteiger partial charge in [-0.05, 0) is 33.1 Å². The molecular weight excluding hydrogens is 338 g/mol. The molecule has 1 fully saturated rings. The Labute approximate surface area is 155 Å². The average molecular weight is 369 g/mol. The lowest BCUT2D eigenvalue weighted by atomic mass is 9.92. The van der Waals surface area contributed by atoms with Crippen molar-refractivity contribution in [3.8, 4) is 0 Å². The molecule has 26 heavy (non-hydrogen) atoms. The van der Waals surface area contributed by atoms with E-state index in [0.29, 0.717) is 25.9 Å². The highest BCUT2D eigenvalue weighted by Crippen LogP contribution is 2.27. The van der Waals surface area contributed by atoms with E-state index in [9.17, 15) is 14.4 Å². The molecule has 0 aromatic rings. The summed E-state index contributed by atoms with van der Waals surface area (Å²) in [5.41, 5.74) is 0. The van der Waals surface area contributed by atoms with Crippen LogP contribution in [0.15, 0.2) is 12.2 Å². The summed E-state index contributed by atoms with van der Waals surface area (Å²) in [7, 11) is 0. The number of ether oxygens (including phenoxy) is 3. The lowest BCUT2D eigenvalue weighted by Crippen LogP contribution is -2.46. The average Bonchev–Trinajstić information content (AvgIpc) is 2.63. The largest absolute Gasteiger partial charge is 0.461 e. The van der Waals surface area contributed by atoms with Gasteiger partial charge in [0.25, 0.3) is 0 Å². The molecular formula is C19H31NO6. The maximum atomic E-state index is 12.0. The van der Waals surface area contributed by atoms with Gasteiger partial charge in [0, 0.05) is 13.0 Å². The van der Waals surface area contributed by atoms with Crippen molar-refractivity contribution < 1.29 is 28.6 Å². The molecule has 0 aliphatic carbocycles. The third kappa shape index (κ3) is 7.99. The topological polar surface area (TPSA) is 90.9 Å². The van der Waals surface area contributed by atoms with Crippen molar-refractivity contribution in [3.05, 3.63) is 12.2 Å². The third-order valence-corrected chi connectivity index (χ3v) is 4.32. The van der Waals surface area contributed by atoms with Gasteiger partial charge in [0.2, 0.25) is 6.41 Å². The van der Waals surface area contributed by atoms with E-state index in [1.165, 1.54) is 0 Å². The molecule has 1 amide bonds. The van der Waals surface area contributed by atoms with Crippen molar-refractivity contribution in [2.24, 2.45) is 5.92 Å². The van der Waals surface area contributed by atoms with Crippen LogP contribution < -0.4 is 5.32 Å². The van der Waals surface area contributed by atoms with Crippen molar-refractivity contribution >= 4 is 18.3 Å². The van der Waals surface area contributed by atoms with Crippen LogP contribution in [-0.4, -0.2) is 49.8 Å². The zero-order chi connectivity index (χ0) is 19.4. The van der Waals surface area contributed by atoms with Crippen LogP contribution in [0, 0.1) is 5.92 Å². The van der Waals surface area contributed by atoms with E-state index in [-0.39, 0.29) is 24.1 Å². The molecule has 7 nitrogen and oxygen atoms in total. The van der Waals surface area contributed by atoms with E-state index < -0.39 is 12.0 Å². The second-order valence-corrected chi connectivity index (χ2v) is 6.54. The van der Waals surface area contributed by atoms with Gasteiger partial charge in [-0.25, -0.2) is 4.79 Å². The van der Waals surface area contributed by atoms with E-state index in [0.717, 1.165) is 25.9 Å². The number of esters is 2. The van der Waals surface area contributed by atoms with E-state index in [4.69, 9.17) is 14.2 Å². The summed E-state index contributed by atoms with van der Waals surface area (Å²) in [6, 6.07) is -0.709. The number of hydrogen-bond acceptors (Lipinski definition) is 6. The first kappa shape index (κ1) is 22.2. The molecule has 1 aliphatic heterocycles. The highest BCUT2D eigenvalue weighted by atomic mass is 16.6. The first-order valence-electron chi connectivity index (χ1n) is 9.33. The van der Waals surface area contributed by atoms with Crippen molar-refractivity contribution in [1.82, 2.24) is 5.32 Å².